The number of carbonyl (C=O) groups excluding carboxylic acids is 1. The molecule has 0 aromatic heterocycles. The molecule has 8 heavy (non-hydrogen) atoms. The Hall–Kier alpha value is -0.640. The Morgan fingerprint density at radius 2 is 2.38 bits per heavy atom. The van der Waals surface area contributed by atoms with E-state index >= 15 is 0 Å². The molecule has 0 unspecified atom stereocenters. The first-order chi connectivity index (χ1) is 3.72. The summed E-state index contributed by atoms with van der Waals surface area (Å²) < 4.78 is 4.22. The van der Waals surface area contributed by atoms with Gasteiger partial charge in [-0.1, -0.05) is 0 Å². The van der Waals surface area contributed by atoms with Gasteiger partial charge in [0.05, 0.1) is 7.11 Å². The van der Waals surface area contributed by atoms with Crippen molar-refractivity contribution in [3.8, 4) is 0 Å². The van der Waals surface area contributed by atoms with Crippen molar-refractivity contribution in [2.24, 2.45) is 5.73 Å². The fourth-order valence-electron chi connectivity index (χ4n) is 0.171. The van der Waals surface area contributed by atoms with Crippen LogP contribution in [0.1, 0.15) is 0 Å². The van der Waals surface area contributed by atoms with Crippen LogP contribution in [0, 0.1) is 0 Å². The maximum atomic E-state index is 10.3. The Bertz CT molecular complexity index is 121. The zero-order chi connectivity index (χ0) is 6.57. The van der Waals surface area contributed by atoms with Gasteiger partial charge in [-0.2, -0.15) is 0 Å². The van der Waals surface area contributed by atoms with Crippen LogP contribution in [0.25, 0.3) is 0 Å². The van der Waals surface area contributed by atoms with E-state index in [1.807, 2.05) is 0 Å². The third-order valence-electron chi connectivity index (χ3n) is 0.560. The highest BCUT2D eigenvalue weighted by Gasteiger charge is 1.99. The van der Waals surface area contributed by atoms with Crippen molar-refractivity contribution in [1.82, 2.24) is 0 Å². The first-order valence-corrected chi connectivity index (χ1v) is 2.42. The van der Waals surface area contributed by atoms with Gasteiger partial charge in [-0.05, 0) is 5.41 Å². The summed E-state index contributed by atoms with van der Waals surface area (Å²) in [7, 11) is 1.26. The van der Waals surface area contributed by atoms with Crippen LogP contribution in [0.3, 0.4) is 0 Å². The zero-order valence-electron chi connectivity index (χ0n) is 4.42. The van der Waals surface area contributed by atoms with Crippen LogP contribution in [-0.2, 0) is 9.53 Å². The van der Waals surface area contributed by atoms with Crippen LogP contribution in [-0.4, -0.2) is 13.1 Å². The Labute approximate surface area is 52.9 Å². The standard InChI is InChI=1S/C4H7NO2S/c1-7-4(6)3(5)2-8/h2,8H,5H2,1H3/b3-2+. The van der Waals surface area contributed by atoms with Gasteiger partial charge in [0.15, 0.2) is 0 Å². The van der Waals surface area contributed by atoms with Crippen LogP contribution in [0.4, 0.5) is 0 Å². The normalized spacial score (nSPS) is 11.0. The molecule has 4 heteroatoms. The van der Waals surface area contributed by atoms with E-state index in [2.05, 4.69) is 17.4 Å². The molecular weight excluding hydrogens is 126 g/mol. The molecule has 0 saturated heterocycles. The van der Waals surface area contributed by atoms with Crippen molar-refractivity contribution in [3.05, 3.63) is 11.1 Å². The Kier molecular flexibility index (Phi) is 3.10. The van der Waals surface area contributed by atoms with E-state index in [1.165, 1.54) is 12.5 Å². The molecule has 0 aromatic carbocycles. The average molecular weight is 133 g/mol. The van der Waals surface area contributed by atoms with E-state index in [0.29, 0.717) is 0 Å². The van der Waals surface area contributed by atoms with Crippen molar-refractivity contribution >= 4 is 18.6 Å². The van der Waals surface area contributed by atoms with Gasteiger partial charge in [-0.3, -0.25) is 0 Å². The lowest BCUT2D eigenvalue weighted by Crippen LogP contribution is -2.11. The number of methoxy groups -OCH3 is 1. The molecule has 0 fully saturated rings. The minimum Gasteiger partial charge on any atom is -0.464 e. The Morgan fingerprint density at radius 1 is 1.88 bits per heavy atom. The van der Waals surface area contributed by atoms with E-state index in [-0.39, 0.29) is 5.70 Å². The first-order valence-electron chi connectivity index (χ1n) is 1.90. The molecular formula is C4H7NO2S. The van der Waals surface area contributed by atoms with Crippen molar-refractivity contribution in [2.75, 3.05) is 7.11 Å². The smallest absolute Gasteiger partial charge is 0.354 e. The average Bonchev–Trinajstić information content (AvgIpc) is 1.84. The number of hydrogen-bond acceptors (Lipinski definition) is 4. The van der Waals surface area contributed by atoms with Gasteiger partial charge in [-0.25, -0.2) is 4.79 Å². The molecule has 0 aromatic rings. The summed E-state index contributed by atoms with van der Waals surface area (Å²) in [5, 5.41) is 1.19. The van der Waals surface area contributed by atoms with Crippen molar-refractivity contribution in [2.45, 2.75) is 0 Å². The summed E-state index contributed by atoms with van der Waals surface area (Å²) in [5.74, 6) is -0.556. The summed E-state index contributed by atoms with van der Waals surface area (Å²) in [6.07, 6.45) is 0. The van der Waals surface area contributed by atoms with Gasteiger partial charge in [0.1, 0.15) is 5.70 Å². The lowest BCUT2D eigenvalue weighted by Gasteiger charge is -1.93. The largest absolute Gasteiger partial charge is 0.464 e. The van der Waals surface area contributed by atoms with Crippen LogP contribution in [0.15, 0.2) is 11.1 Å². The van der Waals surface area contributed by atoms with E-state index in [0.717, 1.165) is 0 Å². The van der Waals surface area contributed by atoms with Crippen molar-refractivity contribution in [3.63, 3.8) is 0 Å². The van der Waals surface area contributed by atoms with Gasteiger partial charge in [-0.15, -0.1) is 12.6 Å². The Balaban J connectivity index is 3.83. The molecule has 46 valence electrons. The van der Waals surface area contributed by atoms with E-state index < -0.39 is 5.97 Å². The second-order valence-corrected chi connectivity index (χ2v) is 1.33. The predicted octanol–water partition coefficient (Wildman–Crippen LogP) is -0.111. The van der Waals surface area contributed by atoms with Crippen LogP contribution in [0.5, 0.6) is 0 Å². The molecule has 0 aliphatic rings. The summed E-state index contributed by atoms with van der Waals surface area (Å²) in [6.45, 7) is 0. The molecule has 0 rings (SSSR count). The molecule has 3 nitrogen and oxygen atoms in total. The monoisotopic (exact) mass is 133 g/mol. The molecule has 0 saturated carbocycles. The highest BCUT2D eigenvalue weighted by atomic mass is 32.1. The number of esters is 1. The molecule has 2 N–H and O–H groups in total. The van der Waals surface area contributed by atoms with Gasteiger partial charge >= 0.3 is 5.97 Å². The minimum atomic E-state index is -0.556. The van der Waals surface area contributed by atoms with Gasteiger partial charge in [0.2, 0.25) is 0 Å². The second-order valence-electron chi connectivity index (χ2n) is 1.08. The van der Waals surface area contributed by atoms with E-state index in [4.69, 9.17) is 5.73 Å². The van der Waals surface area contributed by atoms with Gasteiger partial charge < -0.3 is 10.5 Å². The number of nitrogens with two attached hydrogens (primary N) is 1. The van der Waals surface area contributed by atoms with E-state index in [1.54, 1.807) is 0 Å². The molecule has 0 aliphatic heterocycles. The van der Waals surface area contributed by atoms with Crippen molar-refractivity contribution < 1.29 is 9.53 Å². The summed E-state index contributed by atoms with van der Waals surface area (Å²) in [5.41, 5.74) is 5.05. The third kappa shape index (κ3) is 1.88. The minimum absolute atomic E-state index is 0.0100. The fraction of sp³-hybridized carbons (Fsp3) is 0.250. The summed E-state index contributed by atoms with van der Waals surface area (Å²) in [4.78, 5) is 10.3. The summed E-state index contributed by atoms with van der Waals surface area (Å²) >= 11 is 3.62. The fourth-order valence-corrected chi connectivity index (χ4v) is 0.276. The molecule has 0 bridgehead atoms. The molecule has 0 atom stereocenters. The van der Waals surface area contributed by atoms with Crippen LogP contribution < -0.4 is 5.73 Å². The zero-order valence-corrected chi connectivity index (χ0v) is 5.31. The SMILES string of the molecule is COC(=O)/C(N)=C\S. The molecule has 0 aliphatic carbocycles. The number of carbonyl (C=O) groups is 1. The maximum Gasteiger partial charge on any atom is 0.354 e. The van der Waals surface area contributed by atoms with Crippen LogP contribution in [0.2, 0.25) is 0 Å². The van der Waals surface area contributed by atoms with Crippen LogP contribution >= 0.6 is 12.6 Å². The Morgan fingerprint density at radius 3 is 2.50 bits per heavy atom. The molecule has 0 amide bonds. The molecule has 0 heterocycles. The second kappa shape index (κ2) is 3.37. The van der Waals surface area contributed by atoms with Gasteiger partial charge in [0.25, 0.3) is 0 Å². The number of ether oxygens (including phenoxy) is 1. The number of rotatable bonds is 1. The lowest BCUT2D eigenvalue weighted by atomic mass is 10.5. The summed E-state index contributed by atoms with van der Waals surface area (Å²) in [6, 6.07) is 0. The quantitative estimate of drug-likeness (QED) is 0.298. The highest BCUT2D eigenvalue weighted by Crippen LogP contribution is 1.88. The molecule has 0 spiro atoms. The maximum absolute atomic E-state index is 10.3. The lowest BCUT2D eigenvalue weighted by molar-refractivity contribution is -0.136. The highest BCUT2D eigenvalue weighted by molar-refractivity contribution is 7.83. The topological polar surface area (TPSA) is 52.3 Å². The van der Waals surface area contributed by atoms with E-state index in [9.17, 15) is 4.79 Å². The predicted molar refractivity (Wildman–Crippen MR) is 33.3 cm³/mol. The number of thiol groups is 1. The van der Waals surface area contributed by atoms with Gasteiger partial charge in [0, 0.05) is 0 Å². The third-order valence-corrected chi connectivity index (χ3v) is 0.838. The van der Waals surface area contributed by atoms with Crippen molar-refractivity contribution in [1.29, 1.82) is 0 Å². The number of hydrogen-bond donors (Lipinski definition) is 2. The first kappa shape index (κ1) is 7.36. The molecule has 0 radical (unpaired) electrons.